The Labute approximate surface area is 156 Å². The zero-order chi connectivity index (χ0) is 18.9. The Morgan fingerprint density at radius 2 is 2.00 bits per heavy atom. The molecule has 5 nitrogen and oxygen atoms in total. The van der Waals surface area contributed by atoms with Crippen molar-refractivity contribution in [2.45, 2.75) is 90.3 Å². The molecule has 0 saturated heterocycles. The molecule has 0 spiro atoms. The maximum absolute atomic E-state index is 12.5. The van der Waals surface area contributed by atoms with Crippen LogP contribution in [0, 0.1) is 23.2 Å². The number of fused-ring (bicyclic) bond motifs is 1. The Morgan fingerprint density at radius 1 is 1.27 bits per heavy atom. The predicted molar refractivity (Wildman–Crippen MR) is 98.4 cm³/mol. The normalized spacial score (nSPS) is 33.8. The first-order chi connectivity index (χ1) is 12.3. The van der Waals surface area contributed by atoms with Gasteiger partial charge < -0.3 is 5.11 Å². The summed E-state index contributed by atoms with van der Waals surface area (Å²) in [5.74, 6) is 0.997. The summed E-state index contributed by atoms with van der Waals surface area (Å²) in [5.41, 5.74) is -0.479. The summed E-state index contributed by atoms with van der Waals surface area (Å²) in [6.07, 6.45) is 6.60. The van der Waals surface area contributed by atoms with Crippen molar-refractivity contribution in [3.05, 3.63) is 0 Å². The molecule has 0 aromatic heterocycles. The van der Waals surface area contributed by atoms with Crippen molar-refractivity contribution in [2.75, 3.05) is 0 Å². The van der Waals surface area contributed by atoms with E-state index in [1.165, 1.54) is 0 Å². The van der Waals surface area contributed by atoms with Gasteiger partial charge in [-0.1, -0.05) is 13.8 Å². The van der Waals surface area contributed by atoms with E-state index in [0.717, 1.165) is 19.3 Å². The van der Waals surface area contributed by atoms with Gasteiger partial charge in [-0.25, -0.2) is 0 Å². The highest BCUT2D eigenvalue weighted by Crippen LogP contribution is 2.52. The second-order valence-corrected chi connectivity index (χ2v) is 9.11. The van der Waals surface area contributed by atoms with Crippen molar-refractivity contribution in [3.8, 4) is 0 Å². The van der Waals surface area contributed by atoms with Gasteiger partial charge in [0.05, 0.1) is 0 Å². The molecule has 5 heteroatoms. The van der Waals surface area contributed by atoms with Crippen molar-refractivity contribution in [1.82, 2.24) is 5.32 Å². The molecule has 146 valence electrons. The Hall–Kier alpha value is -1.07. The van der Waals surface area contributed by atoms with Crippen LogP contribution in [0.3, 0.4) is 0 Å². The van der Waals surface area contributed by atoms with Crippen LogP contribution < -0.4 is 5.32 Å². The van der Waals surface area contributed by atoms with Gasteiger partial charge in [0.2, 0.25) is 0 Å². The van der Waals surface area contributed by atoms with Gasteiger partial charge in [0.25, 0.3) is 0 Å². The molecule has 0 aromatic carbocycles. The number of carbonyl (C=O) groups excluding carboxylic acids is 3. The highest BCUT2D eigenvalue weighted by Gasteiger charge is 2.53. The van der Waals surface area contributed by atoms with Gasteiger partial charge in [0, 0.05) is 43.1 Å². The van der Waals surface area contributed by atoms with Crippen molar-refractivity contribution < 1.29 is 19.5 Å². The summed E-state index contributed by atoms with van der Waals surface area (Å²) in [5, 5.41) is 13.1. The Balaban J connectivity index is 1.45. The van der Waals surface area contributed by atoms with Crippen LogP contribution in [-0.2, 0) is 14.4 Å². The van der Waals surface area contributed by atoms with E-state index in [-0.39, 0.29) is 35.1 Å². The SMILES string of the molecule is CC(CCC(O)NC1CC1)C(=O)CCC1CC(=O)CC2(C)C(=O)CCC12. The average molecular weight is 363 g/mol. The van der Waals surface area contributed by atoms with Crippen LogP contribution >= 0.6 is 0 Å². The summed E-state index contributed by atoms with van der Waals surface area (Å²) in [4.78, 5) is 36.9. The lowest BCUT2D eigenvalue weighted by Gasteiger charge is -2.39. The minimum atomic E-state index is -0.515. The smallest absolute Gasteiger partial charge is 0.139 e. The van der Waals surface area contributed by atoms with Crippen LogP contribution in [0.25, 0.3) is 0 Å². The molecule has 0 amide bonds. The summed E-state index contributed by atoms with van der Waals surface area (Å²) in [6, 6.07) is 0.461. The molecule has 3 saturated carbocycles. The van der Waals surface area contributed by atoms with Crippen LogP contribution in [-0.4, -0.2) is 34.7 Å². The monoisotopic (exact) mass is 363 g/mol. The van der Waals surface area contributed by atoms with Crippen molar-refractivity contribution in [1.29, 1.82) is 0 Å². The van der Waals surface area contributed by atoms with Gasteiger partial charge in [-0.05, 0) is 50.4 Å². The first-order valence-corrected chi connectivity index (χ1v) is 10.3. The minimum absolute atomic E-state index is 0.0680. The third kappa shape index (κ3) is 4.42. The van der Waals surface area contributed by atoms with Crippen molar-refractivity contribution in [2.24, 2.45) is 23.2 Å². The van der Waals surface area contributed by atoms with Gasteiger partial charge in [-0.15, -0.1) is 0 Å². The van der Waals surface area contributed by atoms with Gasteiger partial charge in [-0.2, -0.15) is 0 Å². The zero-order valence-electron chi connectivity index (χ0n) is 16.1. The minimum Gasteiger partial charge on any atom is -0.379 e. The molecule has 3 aliphatic carbocycles. The van der Waals surface area contributed by atoms with E-state index in [9.17, 15) is 19.5 Å². The maximum atomic E-state index is 12.5. The number of rotatable bonds is 9. The van der Waals surface area contributed by atoms with E-state index < -0.39 is 11.6 Å². The van der Waals surface area contributed by atoms with Gasteiger partial charge in [0.1, 0.15) is 23.6 Å². The molecule has 3 rings (SSSR count). The molecular formula is C21H33NO4. The molecule has 2 N–H and O–H groups in total. The Morgan fingerprint density at radius 3 is 2.69 bits per heavy atom. The number of nitrogens with one attached hydrogen (secondary N) is 1. The van der Waals surface area contributed by atoms with E-state index in [1.54, 1.807) is 0 Å². The lowest BCUT2D eigenvalue weighted by Crippen LogP contribution is -2.41. The third-order valence-corrected chi connectivity index (χ3v) is 6.95. The number of ketones is 3. The topological polar surface area (TPSA) is 83.5 Å². The lowest BCUT2D eigenvalue weighted by molar-refractivity contribution is -0.138. The highest BCUT2D eigenvalue weighted by atomic mass is 16.3. The number of hydrogen-bond acceptors (Lipinski definition) is 5. The van der Waals surface area contributed by atoms with E-state index in [4.69, 9.17) is 0 Å². The van der Waals surface area contributed by atoms with Gasteiger partial charge >= 0.3 is 0 Å². The fourth-order valence-electron chi connectivity index (χ4n) is 5.05. The van der Waals surface area contributed by atoms with Gasteiger partial charge in [-0.3, -0.25) is 19.7 Å². The van der Waals surface area contributed by atoms with E-state index in [1.807, 2.05) is 13.8 Å². The fourth-order valence-corrected chi connectivity index (χ4v) is 5.05. The first-order valence-electron chi connectivity index (χ1n) is 10.3. The number of carbonyl (C=O) groups is 3. The van der Waals surface area contributed by atoms with E-state index in [2.05, 4.69) is 5.32 Å². The largest absolute Gasteiger partial charge is 0.379 e. The number of hydrogen-bond donors (Lipinski definition) is 2. The van der Waals surface area contributed by atoms with Crippen LogP contribution in [0.1, 0.15) is 78.1 Å². The molecule has 0 aliphatic heterocycles. The van der Waals surface area contributed by atoms with Crippen molar-refractivity contribution in [3.63, 3.8) is 0 Å². The van der Waals surface area contributed by atoms with Crippen LogP contribution in [0.5, 0.6) is 0 Å². The molecule has 0 heterocycles. The van der Waals surface area contributed by atoms with Crippen LogP contribution in [0.15, 0.2) is 0 Å². The molecule has 5 atom stereocenters. The fraction of sp³-hybridized carbons (Fsp3) is 0.857. The third-order valence-electron chi connectivity index (χ3n) is 6.95. The number of aliphatic hydroxyl groups is 1. The van der Waals surface area contributed by atoms with Crippen LogP contribution in [0.2, 0.25) is 0 Å². The molecule has 0 radical (unpaired) electrons. The summed E-state index contributed by atoms with van der Waals surface area (Å²) in [6.45, 7) is 3.89. The molecule has 3 fully saturated rings. The lowest BCUT2D eigenvalue weighted by atomic mass is 9.62. The number of Topliss-reactive ketones (excluding diaryl/α,β-unsaturated/α-hetero) is 3. The standard InChI is InChI=1S/C21H33NO4/c1-13(3-10-20(26)22-15-5-6-15)18(24)8-4-14-11-16(23)12-21(2)17(14)7-9-19(21)25/h13-15,17,20,22,26H,3-12H2,1-2H3. The molecule has 26 heavy (non-hydrogen) atoms. The molecule has 0 aromatic rings. The van der Waals surface area contributed by atoms with Gasteiger partial charge in [0.15, 0.2) is 0 Å². The highest BCUT2D eigenvalue weighted by molar-refractivity contribution is 5.94. The van der Waals surface area contributed by atoms with E-state index >= 15 is 0 Å². The van der Waals surface area contributed by atoms with E-state index in [0.29, 0.717) is 51.0 Å². The molecular weight excluding hydrogens is 330 g/mol. The van der Waals surface area contributed by atoms with Crippen molar-refractivity contribution >= 4 is 17.3 Å². The Kier molecular flexibility index (Phi) is 5.97. The zero-order valence-corrected chi connectivity index (χ0v) is 16.1. The first kappa shape index (κ1) is 19.7. The summed E-state index contributed by atoms with van der Waals surface area (Å²) < 4.78 is 0. The quantitative estimate of drug-likeness (QED) is 0.616. The second kappa shape index (κ2) is 7.89. The summed E-state index contributed by atoms with van der Waals surface area (Å²) >= 11 is 0. The number of aliphatic hydroxyl groups excluding tert-OH is 1. The molecule has 3 aliphatic rings. The predicted octanol–water partition coefficient (Wildman–Crippen LogP) is 2.79. The summed E-state index contributed by atoms with van der Waals surface area (Å²) in [7, 11) is 0. The second-order valence-electron chi connectivity index (χ2n) is 9.11. The maximum Gasteiger partial charge on any atom is 0.139 e. The Bertz CT molecular complexity index is 570. The van der Waals surface area contributed by atoms with Crippen LogP contribution in [0.4, 0.5) is 0 Å². The molecule has 0 bridgehead atoms. The average Bonchev–Trinajstić information content (AvgIpc) is 3.34. The molecule has 5 unspecified atom stereocenters.